The van der Waals surface area contributed by atoms with Crippen LogP contribution in [0.1, 0.15) is 31.1 Å². The molecule has 0 unspecified atom stereocenters. The van der Waals surface area contributed by atoms with E-state index in [1.807, 2.05) is 0 Å². The number of carboxylic acids is 1. The Morgan fingerprint density at radius 2 is 1.53 bits per heavy atom. The molecule has 0 aliphatic rings. The number of ether oxygens (including phenoxy) is 1. The normalized spacial score (nSPS) is 12.0. The molecule has 0 atom stereocenters. The van der Waals surface area contributed by atoms with Gasteiger partial charge in [-0.2, -0.15) is 4.31 Å². The zero-order valence-corrected chi connectivity index (χ0v) is 18.5. The van der Waals surface area contributed by atoms with E-state index in [0.29, 0.717) is 0 Å². The zero-order valence-electron chi connectivity index (χ0n) is 16.8. The summed E-state index contributed by atoms with van der Waals surface area (Å²) >= 11 is 0. The first-order valence-corrected chi connectivity index (χ1v) is 12.1. The van der Waals surface area contributed by atoms with Gasteiger partial charge in [0.2, 0.25) is 10.0 Å². The molecule has 0 saturated heterocycles. The second-order valence-electron chi connectivity index (χ2n) is 6.12. The van der Waals surface area contributed by atoms with Crippen molar-refractivity contribution in [1.82, 2.24) is 4.31 Å². The summed E-state index contributed by atoms with van der Waals surface area (Å²) in [5.74, 6) is -1.01. The first-order chi connectivity index (χ1) is 14.1. The van der Waals surface area contributed by atoms with E-state index in [-0.39, 0.29) is 46.5 Å². The summed E-state index contributed by atoms with van der Waals surface area (Å²) in [6, 6.07) is 8.61. The van der Waals surface area contributed by atoms with Crippen LogP contribution in [0, 0.1) is 0 Å². The van der Waals surface area contributed by atoms with Gasteiger partial charge in [-0.3, -0.25) is 4.72 Å². The highest BCUT2D eigenvalue weighted by Crippen LogP contribution is 2.31. The first kappa shape index (κ1) is 23.6. The maximum Gasteiger partial charge on any atom is 0.335 e. The zero-order chi connectivity index (χ0) is 22.5. The minimum atomic E-state index is -4.12. The molecule has 9 nitrogen and oxygen atoms in total. The molecule has 0 spiro atoms. The minimum Gasteiger partial charge on any atom is -0.492 e. The molecule has 0 aliphatic carbocycles. The molecule has 0 fully saturated rings. The lowest BCUT2D eigenvalue weighted by atomic mass is 10.2. The molecule has 2 aromatic rings. The van der Waals surface area contributed by atoms with Crippen molar-refractivity contribution in [2.45, 2.75) is 30.6 Å². The number of carboxylic acid groups (broad SMARTS) is 1. The minimum absolute atomic E-state index is 0.0348. The van der Waals surface area contributed by atoms with Crippen molar-refractivity contribution >= 4 is 31.7 Å². The van der Waals surface area contributed by atoms with Crippen LogP contribution in [0.3, 0.4) is 0 Å². The van der Waals surface area contributed by atoms with Gasteiger partial charge in [0, 0.05) is 13.1 Å². The van der Waals surface area contributed by atoms with Gasteiger partial charge < -0.3 is 9.84 Å². The van der Waals surface area contributed by atoms with Crippen LogP contribution in [0.2, 0.25) is 0 Å². The highest BCUT2D eigenvalue weighted by Gasteiger charge is 2.24. The summed E-state index contributed by atoms with van der Waals surface area (Å²) in [5, 5.41) is 8.96. The summed E-state index contributed by atoms with van der Waals surface area (Å²) in [7, 11) is -7.93. The molecular formula is C19H24N2O7S2. The molecule has 0 bridgehead atoms. The van der Waals surface area contributed by atoms with Gasteiger partial charge in [-0.1, -0.05) is 13.8 Å². The Bertz CT molecular complexity index is 1110. The Kier molecular flexibility index (Phi) is 7.45. The van der Waals surface area contributed by atoms with Crippen LogP contribution in [0.4, 0.5) is 5.69 Å². The van der Waals surface area contributed by atoms with Crippen LogP contribution in [0.5, 0.6) is 5.75 Å². The fraction of sp³-hybridized carbons (Fsp3) is 0.316. The van der Waals surface area contributed by atoms with E-state index < -0.39 is 26.0 Å². The maximum atomic E-state index is 12.8. The summed E-state index contributed by atoms with van der Waals surface area (Å²) in [6.45, 7) is 5.90. The molecule has 0 amide bonds. The molecule has 0 heterocycles. The smallest absolute Gasteiger partial charge is 0.335 e. The summed E-state index contributed by atoms with van der Waals surface area (Å²) in [5.41, 5.74) is -0.0938. The molecule has 11 heteroatoms. The van der Waals surface area contributed by atoms with Crippen LogP contribution in [-0.4, -0.2) is 51.9 Å². The number of benzene rings is 2. The van der Waals surface area contributed by atoms with Crippen molar-refractivity contribution in [3.8, 4) is 5.75 Å². The molecule has 2 N–H and O–H groups in total. The van der Waals surface area contributed by atoms with E-state index in [9.17, 15) is 21.6 Å². The summed E-state index contributed by atoms with van der Waals surface area (Å²) < 4.78 is 60.2. The van der Waals surface area contributed by atoms with E-state index >= 15 is 0 Å². The molecule has 2 aromatic carbocycles. The predicted molar refractivity (Wildman–Crippen MR) is 112 cm³/mol. The highest BCUT2D eigenvalue weighted by molar-refractivity contribution is 7.92. The Morgan fingerprint density at radius 1 is 0.967 bits per heavy atom. The van der Waals surface area contributed by atoms with Crippen molar-refractivity contribution in [3.63, 3.8) is 0 Å². The number of nitrogens with one attached hydrogen (secondary N) is 1. The standard InChI is InChI=1S/C19H24N2O7S2/c1-4-21(5-2)30(26,27)16-11-12-18(28-6-3)17(13-16)20-29(24,25)15-9-7-14(8-10-15)19(22)23/h7-13,20H,4-6H2,1-3H3,(H,22,23). The van der Waals surface area contributed by atoms with E-state index in [2.05, 4.69) is 4.72 Å². The van der Waals surface area contributed by atoms with Crippen molar-refractivity contribution in [1.29, 1.82) is 0 Å². The predicted octanol–water partition coefficient (Wildman–Crippen LogP) is 2.61. The largest absolute Gasteiger partial charge is 0.492 e. The molecule has 0 saturated carbocycles. The summed E-state index contributed by atoms with van der Waals surface area (Å²) in [6.07, 6.45) is 0. The molecule has 2 rings (SSSR count). The van der Waals surface area contributed by atoms with E-state index in [1.165, 1.54) is 34.6 Å². The second-order valence-corrected chi connectivity index (χ2v) is 9.74. The molecule has 0 radical (unpaired) electrons. The van der Waals surface area contributed by atoms with Crippen molar-refractivity contribution in [2.24, 2.45) is 0 Å². The molecule has 0 aliphatic heterocycles. The van der Waals surface area contributed by atoms with Crippen LogP contribution >= 0.6 is 0 Å². The molecule has 164 valence electrons. The van der Waals surface area contributed by atoms with E-state index in [0.717, 1.165) is 12.1 Å². The van der Waals surface area contributed by atoms with Gasteiger partial charge in [0.05, 0.1) is 27.6 Å². The van der Waals surface area contributed by atoms with E-state index in [1.54, 1.807) is 20.8 Å². The molecule has 30 heavy (non-hydrogen) atoms. The number of nitrogens with zero attached hydrogens (tertiary/aromatic N) is 1. The Morgan fingerprint density at radius 3 is 2.03 bits per heavy atom. The third kappa shape index (κ3) is 5.10. The third-order valence-corrected chi connectivity index (χ3v) is 7.68. The van der Waals surface area contributed by atoms with Crippen LogP contribution in [0.15, 0.2) is 52.3 Å². The van der Waals surface area contributed by atoms with Crippen LogP contribution < -0.4 is 9.46 Å². The van der Waals surface area contributed by atoms with Gasteiger partial charge in [-0.05, 0) is 49.4 Å². The van der Waals surface area contributed by atoms with Crippen molar-refractivity contribution in [3.05, 3.63) is 48.0 Å². The van der Waals surface area contributed by atoms with Gasteiger partial charge in [-0.15, -0.1) is 0 Å². The first-order valence-electron chi connectivity index (χ1n) is 9.20. The summed E-state index contributed by atoms with van der Waals surface area (Å²) in [4.78, 5) is 10.7. The number of hydrogen-bond donors (Lipinski definition) is 2. The maximum absolute atomic E-state index is 12.8. The Balaban J connectivity index is 2.49. The van der Waals surface area contributed by atoms with Gasteiger partial charge in [0.25, 0.3) is 10.0 Å². The average molecular weight is 457 g/mol. The molecule has 0 aromatic heterocycles. The topological polar surface area (TPSA) is 130 Å². The lowest BCUT2D eigenvalue weighted by molar-refractivity contribution is 0.0696. The Labute approximate surface area is 176 Å². The van der Waals surface area contributed by atoms with Gasteiger partial charge in [0.15, 0.2) is 0 Å². The Hall–Kier alpha value is -2.63. The number of anilines is 1. The number of hydrogen-bond acceptors (Lipinski definition) is 6. The quantitative estimate of drug-likeness (QED) is 0.562. The SMILES string of the molecule is CCOc1ccc(S(=O)(=O)N(CC)CC)cc1NS(=O)(=O)c1ccc(C(=O)O)cc1. The highest BCUT2D eigenvalue weighted by atomic mass is 32.2. The van der Waals surface area contributed by atoms with Crippen LogP contribution in [-0.2, 0) is 20.0 Å². The van der Waals surface area contributed by atoms with Gasteiger partial charge >= 0.3 is 5.97 Å². The third-order valence-electron chi connectivity index (χ3n) is 4.25. The number of rotatable bonds is 10. The van der Waals surface area contributed by atoms with Crippen molar-refractivity contribution < 1.29 is 31.5 Å². The van der Waals surface area contributed by atoms with Crippen molar-refractivity contribution in [2.75, 3.05) is 24.4 Å². The van der Waals surface area contributed by atoms with Gasteiger partial charge in [-0.25, -0.2) is 21.6 Å². The fourth-order valence-corrected chi connectivity index (χ4v) is 5.27. The lowest BCUT2D eigenvalue weighted by Gasteiger charge is -2.20. The number of aromatic carboxylic acids is 1. The number of carbonyl (C=O) groups is 1. The fourth-order valence-electron chi connectivity index (χ4n) is 2.72. The number of sulfonamides is 2. The molecular weight excluding hydrogens is 432 g/mol. The van der Waals surface area contributed by atoms with E-state index in [4.69, 9.17) is 9.84 Å². The van der Waals surface area contributed by atoms with Crippen LogP contribution in [0.25, 0.3) is 0 Å². The average Bonchev–Trinajstić information content (AvgIpc) is 2.70. The second kappa shape index (κ2) is 9.45. The van der Waals surface area contributed by atoms with Gasteiger partial charge in [0.1, 0.15) is 5.75 Å². The monoisotopic (exact) mass is 456 g/mol. The lowest BCUT2D eigenvalue weighted by Crippen LogP contribution is -2.30.